The zero-order chi connectivity index (χ0) is 27.9. The molecule has 1 spiro atoms. The van der Waals surface area contributed by atoms with Gasteiger partial charge in [-0.2, -0.15) is 0 Å². The molecule has 2 fully saturated rings. The first-order valence-electron chi connectivity index (χ1n) is 13.1. The first-order chi connectivity index (χ1) is 19.2. The Morgan fingerprint density at radius 2 is 1.80 bits per heavy atom. The third kappa shape index (κ3) is 3.59. The van der Waals surface area contributed by atoms with Crippen LogP contribution < -0.4 is 10.4 Å². The van der Waals surface area contributed by atoms with Gasteiger partial charge in [-0.3, -0.25) is 24.1 Å². The number of fused-ring (bicyclic) bond motifs is 3. The van der Waals surface area contributed by atoms with E-state index in [1.807, 2.05) is 29.3 Å². The minimum atomic E-state index is -0.930. The summed E-state index contributed by atoms with van der Waals surface area (Å²) in [5.41, 5.74) is 0.775. The molecule has 8 nitrogen and oxygen atoms in total. The number of carbonyl (C=O) groups excluding carboxylic acids is 2. The molecule has 206 valence electrons. The van der Waals surface area contributed by atoms with Crippen molar-refractivity contribution in [1.29, 1.82) is 0 Å². The lowest BCUT2D eigenvalue weighted by Crippen LogP contribution is -2.69. The number of nitrogens with zero attached hydrogens (tertiary/aromatic N) is 4. The zero-order valence-corrected chi connectivity index (χ0v) is 22.5. The Morgan fingerprint density at radius 3 is 2.55 bits per heavy atom. The van der Waals surface area contributed by atoms with Crippen molar-refractivity contribution in [3.63, 3.8) is 0 Å². The quantitative estimate of drug-likeness (QED) is 0.512. The fraction of sp³-hybridized carbons (Fsp3) is 0.345. The number of thioether (sulfide) groups is 1. The molecular formula is C29H26F2N4O4S. The van der Waals surface area contributed by atoms with Crippen LogP contribution >= 0.6 is 11.8 Å². The predicted octanol–water partition coefficient (Wildman–Crippen LogP) is 3.59. The van der Waals surface area contributed by atoms with Crippen molar-refractivity contribution in [3.05, 3.63) is 92.9 Å². The Balaban J connectivity index is 1.35. The summed E-state index contributed by atoms with van der Waals surface area (Å²) < 4.78 is 31.1. The van der Waals surface area contributed by atoms with Gasteiger partial charge in [0.2, 0.25) is 11.3 Å². The Labute approximate surface area is 232 Å². The van der Waals surface area contributed by atoms with Gasteiger partial charge in [-0.05, 0) is 36.1 Å². The monoisotopic (exact) mass is 564 g/mol. The van der Waals surface area contributed by atoms with Gasteiger partial charge in [0.25, 0.3) is 5.91 Å². The highest BCUT2D eigenvalue weighted by molar-refractivity contribution is 7.98. The van der Waals surface area contributed by atoms with E-state index >= 15 is 4.39 Å². The number of carbonyl (C=O) groups is 2. The predicted molar refractivity (Wildman–Crippen MR) is 144 cm³/mol. The van der Waals surface area contributed by atoms with E-state index in [4.69, 9.17) is 0 Å². The van der Waals surface area contributed by atoms with Gasteiger partial charge in [0, 0.05) is 59.9 Å². The molecule has 3 aromatic rings. The molecule has 1 saturated heterocycles. The molecule has 0 unspecified atom stereocenters. The van der Waals surface area contributed by atoms with Crippen molar-refractivity contribution in [3.8, 4) is 5.75 Å². The number of rotatable bonds is 2. The molecule has 4 heterocycles. The highest BCUT2D eigenvalue weighted by atomic mass is 32.2. The van der Waals surface area contributed by atoms with E-state index in [1.54, 1.807) is 22.8 Å². The maximum Gasteiger partial charge on any atom is 0.278 e. The number of aromatic hydroxyl groups is 1. The normalized spacial score (nSPS) is 21.2. The molecular weight excluding hydrogens is 538 g/mol. The van der Waals surface area contributed by atoms with E-state index in [0.717, 1.165) is 16.5 Å². The summed E-state index contributed by atoms with van der Waals surface area (Å²) in [6.07, 6.45) is 2.84. The van der Waals surface area contributed by atoms with Crippen molar-refractivity contribution in [2.45, 2.75) is 42.5 Å². The molecule has 1 saturated carbocycles. The SMILES string of the molecule is CC(=O)N1CC2(CC(N3CN([C@@H]4c5ccccc5SCc5c4ccc(F)c5F)n4ccc(=O)c(O)c4C3=O)C2)C1. The number of amides is 2. The molecule has 1 atom stereocenters. The molecule has 1 aliphatic carbocycles. The highest BCUT2D eigenvalue weighted by Gasteiger charge is 2.56. The molecule has 2 aromatic carbocycles. The molecule has 3 aliphatic heterocycles. The van der Waals surface area contributed by atoms with Gasteiger partial charge < -0.3 is 14.9 Å². The van der Waals surface area contributed by atoms with E-state index in [9.17, 15) is 23.9 Å². The Kier molecular flexibility index (Phi) is 5.54. The minimum Gasteiger partial charge on any atom is -0.502 e. The number of benzene rings is 2. The van der Waals surface area contributed by atoms with Gasteiger partial charge in [-0.25, -0.2) is 8.78 Å². The first-order valence-corrected chi connectivity index (χ1v) is 14.1. The van der Waals surface area contributed by atoms with Gasteiger partial charge in [-0.1, -0.05) is 24.3 Å². The first kappa shape index (κ1) is 25.1. The minimum absolute atomic E-state index is 0.0276. The summed E-state index contributed by atoms with van der Waals surface area (Å²) in [5, 5.41) is 12.7. The topological polar surface area (TPSA) is 86.1 Å². The fourth-order valence-electron chi connectivity index (χ4n) is 6.73. The molecule has 4 aliphatic rings. The van der Waals surface area contributed by atoms with Crippen LogP contribution in [0.1, 0.15) is 53.0 Å². The van der Waals surface area contributed by atoms with E-state index in [0.29, 0.717) is 31.5 Å². The van der Waals surface area contributed by atoms with Crippen LogP contribution in [0.25, 0.3) is 0 Å². The molecule has 7 rings (SSSR count). The van der Waals surface area contributed by atoms with E-state index in [2.05, 4.69) is 0 Å². The van der Waals surface area contributed by atoms with Crippen LogP contribution in [0, 0.1) is 17.0 Å². The summed E-state index contributed by atoms with van der Waals surface area (Å²) in [6, 6.07) is 10.7. The molecule has 11 heteroatoms. The summed E-state index contributed by atoms with van der Waals surface area (Å²) in [5.74, 6) is -2.69. The lowest BCUT2D eigenvalue weighted by atomic mass is 9.60. The Hall–Kier alpha value is -3.86. The second-order valence-electron chi connectivity index (χ2n) is 11.2. The number of halogens is 2. The van der Waals surface area contributed by atoms with Crippen LogP contribution in [0.3, 0.4) is 0 Å². The van der Waals surface area contributed by atoms with Crippen molar-refractivity contribution in [2.24, 2.45) is 5.41 Å². The van der Waals surface area contributed by atoms with E-state index in [1.165, 1.54) is 28.7 Å². The molecule has 1 N–H and O–H groups in total. The maximum atomic E-state index is 15.2. The smallest absolute Gasteiger partial charge is 0.278 e. The van der Waals surface area contributed by atoms with E-state index < -0.39 is 34.8 Å². The third-order valence-electron chi connectivity index (χ3n) is 8.78. The average Bonchev–Trinajstić information content (AvgIpc) is 3.05. The average molecular weight is 565 g/mol. The Bertz CT molecular complexity index is 1650. The van der Waals surface area contributed by atoms with Gasteiger partial charge in [0.15, 0.2) is 23.1 Å². The number of pyridine rings is 1. The zero-order valence-electron chi connectivity index (χ0n) is 21.6. The molecule has 0 radical (unpaired) electrons. The van der Waals surface area contributed by atoms with Gasteiger partial charge in [0.1, 0.15) is 6.67 Å². The van der Waals surface area contributed by atoms with Crippen LogP contribution in [0.4, 0.5) is 8.78 Å². The van der Waals surface area contributed by atoms with Crippen LogP contribution in [0.5, 0.6) is 5.75 Å². The number of hydrogen-bond acceptors (Lipinski definition) is 6. The van der Waals surface area contributed by atoms with Gasteiger partial charge >= 0.3 is 0 Å². The standard InChI is InChI=1S/C29H26F2N4O4S/c1-16(36)32-13-29(14-32)10-17(11-29)33-15-35(34-9-8-22(37)27(38)26(34)28(33)39)25-18-6-7-21(30)24(31)20(18)12-40-23-5-3-2-4-19(23)25/h2-9,17,25,38H,10-15H2,1H3/t25-/m0/s1. The third-order valence-corrected chi connectivity index (χ3v) is 9.89. The number of aromatic nitrogens is 1. The van der Waals surface area contributed by atoms with Crippen LogP contribution in [0.15, 0.2) is 58.4 Å². The Morgan fingerprint density at radius 1 is 1.05 bits per heavy atom. The molecule has 40 heavy (non-hydrogen) atoms. The summed E-state index contributed by atoms with van der Waals surface area (Å²) >= 11 is 1.41. The van der Waals surface area contributed by atoms with Crippen molar-refractivity contribution in [1.82, 2.24) is 14.5 Å². The van der Waals surface area contributed by atoms with Gasteiger partial charge in [0.05, 0.1) is 6.04 Å². The molecule has 0 bridgehead atoms. The lowest BCUT2D eigenvalue weighted by Gasteiger charge is -2.61. The van der Waals surface area contributed by atoms with Crippen molar-refractivity contribution < 1.29 is 23.5 Å². The van der Waals surface area contributed by atoms with Crippen LogP contribution in [-0.2, 0) is 10.5 Å². The van der Waals surface area contributed by atoms with Crippen molar-refractivity contribution in [2.75, 3.05) is 24.8 Å². The molecule has 1 aromatic heterocycles. The second-order valence-corrected chi connectivity index (χ2v) is 12.2. The van der Waals surface area contributed by atoms with Crippen LogP contribution in [0.2, 0.25) is 0 Å². The summed E-state index contributed by atoms with van der Waals surface area (Å²) in [7, 11) is 0. The number of hydrogen-bond donors (Lipinski definition) is 1. The molecule has 2 amide bonds. The lowest BCUT2D eigenvalue weighted by molar-refractivity contribution is -0.153. The fourth-order valence-corrected chi connectivity index (χ4v) is 7.85. The maximum absolute atomic E-state index is 15.2. The van der Waals surface area contributed by atoms with E-state index in [-0.39, 0.29) is 41.0 Å². The summed E-state index contributed by atoms with van der Waals surface area (Å²) in [6.45, 7) is 2.95. The summed E-state index contributed by atoms with van der Waals surface area (Å²) in [4.78, 5) is 42.4. The largest absolute Gasteiger partial charge is 0.502 e. The highest BCUT2D eigenvalue weighted by Crippen LogP contribution is 2.51. The van der Waals surface area contributed by atoms with Crippen molar-refractivity contribution >= 4 is 23.6 Å². The second kappa shape index (κ2) is 8.82. The van der Waals surface area contributed by atoms with Crippen LogP contribution in [-0.4, -0.2) is 57.2 Å². The number of likely N-dealkylation sites (tertiary alicyclic amines) is 1. The van der Waals surface area contributed by atoms with Gasteiger partial charge in [-0.15, -0.1) is 11.8 Å².